The fourth-order valence-corrected chi connectivity index (χ4v) is 6.90. The summed E-state index contributed by atoms with van der Waals surface area (Å²) in [6.07, 6.45) is 0.697. The van der Waals surface area contributed by atoms with Gasteiger partial charge in [-0.1, -0.05) is 15.9 Å². The zero-order chi connectivity index (χ0) is 25.9. The number of benzene rings is 2. The average Bonchev–Trinajstić information content (AvgIpc) is 3.46. The molecule has 1 heterocycles. The third-order valence-electron chi connectivity index (χ3n) is 7.40. The number of carbonyl (C=O) groups excluding carboxylic acids is 4. The van der Waals surface area contributed by atoms with Gasteiger partial charge in [0, 0.05) is 10.2 Å². The molecular formula is C26H23BrCl2N2O5. The van der Waals surface area contributed by atoms with Crippen molar-refractivity contribution in [3.63, 3.8) is 0 Å². The number of nitrogens with one attached hydrogen (secondary N) is 1. The van der Waals surface area contributed by atoms with Gasteiger partial charge in [-0.05, 0) is 79.6 Å². The van der Waals surface area contributed by atoms with Crippen LogP contribution in [0.4, 0.5) is 11.4 Å². The van der Waals surface area contributed by atoms with Crippen LogP contribution < -0.4 is 10.2 Å². The van der Waals surface area contributed by atoms with Crippen molar-refractivity contribution < 1.29 is 23.9 Å². The summed E-state index contributed by atoms with van der Waals surface area (Å²) in [5.41, 5.74) is 3.13. The minimum Gasteiger partial charge on any atom is -0.452 e. The molecule has 1 N–H and O–H groups in total. The van der Waals surface area contributed by atoms with Gasteiger partial charge in [0.05, 0.1) is 33.8 Å². The minimum atomic E-state index is -0.691. The number of amides is 3. The summed E-state index contributed by atoms with van der Waals surface area (Å²) in [6, 6.07) is 9.62. The molecule has 0 aromatic heterocycles. The summed E-state index contributed by atoms with van der Waals surface area (Å²) in [7, 11) is 0. The molecule has 36 heavy (non-hydrogen) atoms. The average molecular weight is 594 g/mol. The lowest BCUT2D eigenvalue weighted by Gasteiger charge is -2.28. The van der Waals surface area contributed by atoms with E-state index >= 15 is 0 Å². The second kappa shape index (κ2) is 9.47. The molecule has 1 saturated heterocycles. The molecule has 0 unspecified atom stereocenters. The van der Waals surface area contributed by atoms with Gasteiger partial charge < -0.3 is 10.1 Å². The van der Waals surface area contributed by atoms with Crippen LogP contribution in [0.1, 0.15) is 27.9 Å². The van der Waals surface area contributed by atoms with Crippen molar-refractivity contribution in [1.29, 1.82) is 0 Å². The first-order valence-corrected chi connectivity index (χ1v) is 13.2. The van der Waals surface area contributed by atoms with Gasteiger partial charge in [0.2, 0.25) is 11.8 Å². The van der Waals surface area contributed by atoms with Crippen molar-refractivity contribution in [1.82, 2.24) is 0 Å². The van der Waals surface area contributed by atoms with Crippen LogP contribution in [0, 0.1) is 37.5 Å². The fourth-order valence-electron chi connectivity index (χ4n) is 5.78. The van der Waals surface area contributed by atoms with E-state index in [1.807, 2.05) is 26.0 Å². The Kier molecular flexibility index (Phi) is 6.64. The number of hydrogen-bond donors (Lipinski definition) is 1. The number of anilines is 2. The Labute approximate surface area is 226 Å². The number of alkyl halides is 2. The lowest BCUT2D eigenvalue weighted by atomic mass is 9.80. The highest BCUT2D eigenvalue weighted by Gasteiger charge is 2.66. The number of fused-ring (bicyclic) bond motifs is 5. The predicted octanol–water partition coefficient (Wildman–Crippen LogP) is 4.83. The monoisotopic (exact) mass is 592 g/mol. The van der Waals surface area contributed by atoms with E-state index in [0.717, 1.165) is 15.6 Å². The molecule has 0 radical (unpaired) electrons. The Morgan fingerprint density at radius 2 is 1.53 bits per heavy atom. The number of ether oxygens (including phenoxy) is 1. The van der Waals surface area contributed by atoms with Crippen molar-refractivity contribution in [2.24, 2.45) is 23.7 Å². The Morgan fingerprint density at radius 3 is 2.06 bits per heavy atom. The largest absolute Gasteiger partial charge is 0.452 e. The fraction of sp³-hybridized carbons (Fsp3) is 0.385. The minimum absolute atomic E-state index is 0.101. The quantitative estimate of drug-likeness (QED) is 0.304. The lowest BCUT2D eigenvalue weighted by Crippen LogP contribution is -2.37. The molecular weight excluding hydrogens is 571 g/mol. The maximum absolute atomic E-state index is 13.1. The normalized spacial score (nSPS) is 28.4. The van der Waals surface area contributed by atoms with Crippen LogP contribution in [-0.2, 0) is 19.1 Å². The van der Waals surface area contributed by atoms with E-state index in [9.17, 15) is 19.2 Å². The highest BCUT2D eigenvalue weighted by atomic mass is 79.9. The van der Waals surface area contributed by atoms with E-state index in [1.165, 1.54) is 29.2 Å². The van der Waals surface area contributed by atoms with Crippen LogP contribution in [0.15, 0.2) is 40.9 Å². The highest BCUT2D eigenvalue weighted by Crippen LogP contribution is 2.59. The molecule has 1 aliphatic heterocycles. The van der Waals surface area contributed by atoms with E-state index in [4.69, 9.17) is 27.9 Å². The Morgan fingerprint density at radius 1 is 1.00 bits per heavy atom. The lowest BCUT2D eigenvalue weighted by molar-refractivity contribution is -0.123. The molecule has 2 aliphatic carbocycles. The molecule has 2 bridgehead atoms. The van der Waals surface area contributed by atoms with E-state index in [1.54, 1.807) is 0 Å². The zero-order valence-electron chi connectivity index (χ0n) is 19.5. The van der Waals surface area contributed by atoms with Gasteiger partial charge in [0.25, 0.3) is 5.91 Å². The summed E-state index contributed by atoms with van der Waals surface area (Å²) in [5, 5.41) is 2.08. The van der Waals surface area contributed by atoms with Crippen LogP contribution in [0.5, 0.6) is 0 Å². The number of nitrogens with zero attached hydrogens (tertiary/aromatic N) is 1. The maximum Gasteiger partial charge on any atom is 0.338 e. The highest BCUT2D eigenvalue weighted by molar-refractivity contribution is 9.10. The van der Waals surface area contributed by atoms with Crippen molar-refractivity contribution in [2.45, 2.75) is 31.0 Å². The van der Waals surface area contributed by atoms with Crippen LogP contribution >= 0.6 is 39.1 Å². The molecule has 3 fully saturated rings. The first-order valence-electron chi connectivity index (χ1n) is 11.6. The molecule has 3 amide bonds. The van der Waals surface area contributed by atoms with Gasteiger partial charge in [-0.15, -0.1) is 23.2 Å². The van der Waals surface area contributed by atoms with E-state index in [0.29, 0.717) is 17.8 Å². The standard InChI is InChI=1S/C26H23BrCl2N2O5/c1-11-7-14(8-12(2)21(11)27)30-18(32)10-36-26(35)13-3-5-15(6-4-13)31-24(33)19-16-9-17(20(19)25(31)34)23(29)22(16)28/h3-8,16-17,19-20,22-23H,9-10H2,1-2H3,(H,30,32)/t16-,17-,19-,20+,22-,23+/m1/s1. The number of halogens is 3. The number of esters is 1. The van der Waals surface area contributed by atoms with Gasteiger partial charge in [0.15, 0.2) is 6.61 Å². The second-order valence-corrected chi connectivity index (χ2v) is 11.4. The van der Waals surface area contributed by atoms with Gasteiger partial charge in [0.1, 0.15) is 0 Å². The first-order chi connectivity index (χ1) is 17.1. The maximum atomic E-state index is 13.1. The van der Waals surface area contributed by atoms with Crippen molar-refractivity contribution in [2.75, 3.05) is 16.8 Å². The van der Waals surface area contributed by atoms with Gasteiger partial charge in [-0.3, -0.25) is 19.3 Å². The summed E-state index contributed by atoms with van der Waals surface area (Å²) in [4.78, 5) is 52.1. The van der Waals surface area contributed by atoms with Gasteiger partial charge in [-0.25, -0.2) is 4.79 Å². The smallest absolute Gasteiger partial charge is 0.338 e. The predicted molar refractivity (Wildman–Crippen MR) is 139 cm³/mol. The van der Waals surface area contributed by atoms with Crippen LogP contribution in [0.3, 0.4) is 0 Å². The Bertz CT molecular complexity index is 1230. The molecule has 5 rings (SSSR count). The van der Waals surface area contributed by atoms with Crippen molar-refractivity contribution in [3.05, 3.63) is 57.6 Å². The van der Waals surface area contributed by atoms with E-state index in [2.05, 4.69) is 21.2 Å². The molecule has 10 heteroatoms. The third kappa shape index (κ3) is 4.13. The van der Waals surface area contributed by atoms with Crippen LogP contribution in [0.25, 0.3) is 0 Å². The molecule has 3 aliphatic rings. The van der Waals surface area contributed by atoms with Crippen LogP contribution in [0.2, 0.25) is 0 Å². The van der Waals surface area contributed by atoms with Crippen LogP contribution in [-0.4, -0.2) is 41.1 Å². The van der Waals surface area contributed by atoms with Gasteiger partial charge in [-0.2, -0.15) is 0 Å². The molecule has 2 saturated carbocycles. The van der Waals surface area contributed by atoms with Crippen molar-refractivity contribution >= 4 is 74.2 Å². The molecule has 6 atom stereocenters. The number of aryl methyl sites for hydroxylation is 2. The summed E-state index contributed by atoms with van der Waals surface area (Å²) in [5.74, 6) is -2.78. The number of carbonyl (C=O) groups is 4. The first kappa shape index (κ1) is 25.2. The summed E-state index contributed by atoms with van der Waals surface area (Å²) < 4.78 is 6.10. The number of imide groups is 1. The number of rotatable bonds is 5. The SMILES string of the molecule is Cc1cc(NC(=O)COC(=O)c2ccc(N3C(=O)[C@@H]4[C@H]5C[C@@H]([C@H](Cl)[C@@H]5Cl)[C@@H]4C3=O)cc2)cc(C)c1Br. The van der Waals surface area contributed by atoms with E-state index in [-0.39, 0.29) is 40.0 Å². The second-order valence-electron chi connectivity index (χ2n) is 9.61. The topological polar surface area (TPSA) is 92.8 Å². The third-order valence-corrected chi connectivity index (χ3v) is 9.97. The summed E-state index contributed by atoms with van der Waals surface area (Å²) >= 11 is 16.3. The van der Waals surface area contributed by atoms with Gasteiger partial charge >= 0.3 is 5.97 Å². The molecule has 2 aromatic rings. The Balaban J connectivity index is 1.21. The van der Waals surface area contributed by atoms with Crippen molar-refractivity contribution in [3.8, 4) is 0 Å². The molecule has 188 valence electrons. The van der Waals surface area contributed by atoms with E-state index < -0.39 is 30.3 Å². The molecule has 7 nitrogen and oxygen atoms in total. The molecule has 0 spiro atoms. The zero-order valence-corrected chi connectivity index (χ0v) is 22.6. The summed E-state index contributed by atoms with van der Waals surface area (Å²) in [6.45, 7) is 3.38. The number of hydrogen-bond acceptors (Lipinski definition) is 5. The Hall–Kier alpha value is -2.42. The molecule has 2 aromatic carbocycles.